The molecular formula is C33H66N2O4. The molecule has 1 amide bonds. The molecule has 6 heteroatoms. The summed E-state index contributed by atoms with van der Waals surface area (Å²) in [5.74, 6) is 0.520. The van der Waals surface area contributed by atoms with Crippen molar-refractivity contribution in [1.82, 2.24) is 10.6 Å². The maximum atomic E-state index is 12.3. The quantitative estimate of drug-likeness (QED) is 0.0782. The molecule has 0 aromatic carbocycles. The summed E-state index contributed by atoms with van der Waals surface area (Å²) in [5, 5.41) is 6.24. The molecule has 0 unspecified atom stereocenters. The Bertz CT molecular complexity index is 546. The van der Waals surface area contributed by atoms with E-state index in [1.54, 1.807) is 0 Å². The number of hydrogen-bond donors (Lipinski definition) is 2. The summed E-state index contributed by atoms with van der Waals surface area (Å²) < 4.78 is 11.0. The van der Waals surface area contributed by atoms with Crippen LogP contribution in [-0.4, -0.2) is 43.9 Å². The Morgan fingerprint density at radius 3 is 1.69 bits per heavy atom. The van der Waals surface area contributed by atoms with Crippen LogP contribution in [0.3, 0.4) is 0 Å². The van der Waals surface area contributed by atoms with Crippen LogP contribution < -0.4 is 10.6 Å². The van der Waals surface area contributed by atoms with E-state index in [2.05, 4.69) is 24.5 Å². The lowest BCUT2D eigenvalue weighted by atomic mass is 9.94. The van der Waals surface area contributed by atoms with Crippen LogP contribution in [0, 0.1) is 5.92 Å². The van der Waals surface area contributed by atoms with Crippen LogP contribution in [0.5, 0.6) is 0 Å². The van der Waals surface area contributed by atoms with Gasteiger partial charge in [0.2, 0.25) is 0 Å². The summed E-state index contributed by atoms with van der Waals surface area (Å²) in [6.07, 6.45) is 23.4. The van der Waals surface area contributed by atoms with E-state index < -0.39 is 5.60 Å². The Morgan fingerprint density at radius 2 is 1.13 bits per heavy atom. The van der Waals surface area contributed by atoms with Crippen LogP contribution in [0.25, 0.3) is 0 Å². The van der Waals surface area contributed by atoms with Gasteiger partial charge < -0.3 is 20.1 Å². The maximum Gasteiger partial charge on any atom is 0.407 e. The van der Waals surface area contributed by atoms with Crippen LogP contribution in [0.4, 0.5) is 4.79 Å². The molecule has 0 aromatic heterocycles. The number of unbranched alkanes of at least 4 members (excludes halogenated alkanes) is 13. The van der Waals surface area contributed by atoms with E-state index in [0.29, 0.717) is 25.5 Å². The van der Waals surface area contributed by atoms with Gasteiger partial charge in [-0.25, -0.2) is 4.79 Å². The maximum absolute atomic E-state index is 12.3. The van der Waals surface area contributed by atoms with Crippen molar-refractivity contribution < 1.29 is 19.1 Å². The predicted octanol–water partition coefficient (Wildman–Crippen LogP) is 9.10. The Balaban J connectivity index is 3.84. The van der Waals surface area contributed by atoms with Gasteiger partial charge in [0.25, 0.3) is 0 Å². The second kappa shape index (κ2) is 26.9. The molecule has 0 atom stereocenters. The van der Waals surface area contributed by atoms with E-state index in [1.807, 2.05) is 20.8 Å². The van der Waals surface area contributed by atoms with E-state index in [9.17, 15) is 9.59 Å². The SMILES string of the molecule is CCCCCCCCC(CCCCCCCC)COC(=O)CCCCCNCCCCNC(=O)OC(C)(C)C. The van der Waals surface area contributed by atoms with Crippen molar-refractivity contribution in [3.63, 3.8) is 0 Å². The first-order valence-corrected chi connectivity index (χ1v) is 16.6. The Labute approximate surface area is 242 Å². The molecule has 0 saturated heterocycles. The first-order chi connectivity index (χ1) is 18.8. The highest BCUT2D eigenvalue weighted by atomic mass is 16.6. The van der Waals surface area contributed by atoms with Gasteiger partial charge in [-0.05, 0) is 78.3 Å². The van der Waals surface area contributed by atoms with E-state index in [0.717, 1.165) is 45.2 Å². The first-order valence-electron chi connectivity index (χ1n) is 16.6. The summed E-state index contributed by atoms with van der Waals surface area (Å²) in [6, 6.07) is 0. The van der Waals surface area contributed by atoms with Crippen LogP contribution >= 0.6 is 0 Å². The summed E-state index contributed by atoms with van der Waals surface area (Å²) in [5.41, 5.74) is -0.453. The summed E-state index contributed by atoms with van der Waals surface area (Å²) in [7, 11) is 0. The number of ether oxygens (including phenoxy) is 2. The van der Waals surface area contributed by atoms with Crippen molar-refractivity contribution in [2.24, 2.45) is 5.92 Å². The zero-order valence-corrected chi connectivity index (χ0v) is 26.7. The summed E-state index contributed by atoms with van der Waals surface area (Å²) in [6.45, 7) is 13.3. The number of alkyl carbamates (subject to hydrolysis) is 1. The highest BCUT2D eigenvalue weighted by molar-refractivity contribution is 5.69. The van der Waals surface area contributed by atoms with Gasteiger partial charge in [-0.3, -0.25) is 4.79 Å². The van der Waals surface area contributed by atoms with Crippen molar-refractivity contribution >= 4 is 12.1 Å². The molecule has 0 rings (SSSR count). The fourth-order valence-electron chi connectivity index (χ4n) is 4.72. The topological polar surface area (TPSA) is 76.7 Å². The number of rotatable bonds is 27. The molecule has 39 heavy (non-hydrogen) atoms. The van der Waals surface area contributed by atoms with Crippen molar-refractivity contribution in [2.75, 3.05) is 26.2 Å². The molecule has 0 heterocycles. The zero-order valence-electron chi connectivity index (χ0n) is 26.7. The van der Waals surface area contributed by atoms with E-state index in [4.69, 9.17) is 9.47 Å². The van der Waals surface area contributed by atoms with Gasteiger partial charge in [-0.2, -0.15) is 0 Å². The molecular weight excluding hydrogens is 488 g/mol. The minimum Gasteiger partial charge on any atom is -0.465 e. The van der Waals surface area contributed by atoms with Crippen molar-refractivity contribution in [2.45, 2.75) is 169 Å². The van der Waals surface area contributed by atoms with Gasteiger partial charge in [0.1, 0.15) is 5.60 Å². The van der Waals surface area contributed by atoms with Gasteiger partial charge in [-0.15, -0.1) is 0 Å². The van der Waals surface area contributed by atoms with Crippen molar-refractivity contribution in [3.8, 4) is 0 Å². The third kappa shape index (κ3) is 29.5. The molecule has 0 fully saturated rings. The average Bonchev–Trinajstić information content (AvgIpc) is 2.88. The Kier molecular flexibility index (Phi) is 26.0. The van der Waals surface area contributed by atoms with Crippen molar-refractivity contribution in [1.29, 1.82) is 0 Å². The number of carbonyl (C=O) groups is 2. The van der Waals surface area contributed by atoms with Gasteiger partial charge in [0, 0.05) is 13.0 Å². The molecule has 6 nitrogen and oxygen atoms in total. The lowest BCUT2D eigenvalue weighted by Crippen LogP contribution is -2.33. The summed E-state index contributed by atoms with van der Waals surface area (Å²) >= 11 is 0. The van der Waals surface area contributed by atoms with Gasteiger partial charge >= 0.3 is 12.1 Å². The lowest BCUT2D eigenvalue weighted by molar-refractivity contribution is -0.145. The highest BCUT2D eigenvalue weighted by Crippen LogP contribution is 2.20. The molecule has 0 aliphatic heterocycles. The predicted molar refractivity (Wildman–Crippen MR) is 165 cm³/mol. The van der Waals surface area contributed by atoms with Crippen LogP contribution in [0.1, 0.15) is 163 Å². The molecule has 232 valence electrons. The second-order valence-corrected chi connectivity index (χ2v) is 12.4. The standard InChI is InChI=1S/C33H66N2O4/c1-6-8-10-12-14-17-23-30(24-18-15-13-11-9-7-2)29-38-31(36)25-19-16-20-26-34-27-21-22-28-35-32(37)39-33(3,4)5/h30,34H,6-29H2,1-5H3,(H,35,37). The largest absolute Gasteiger partial charge is 0.465 e. The zero-order chi connectivity index (χ0) is 29.0. The number of esters is 1. The van der Waals surface area contributed by atoms with E-state index in [-0.39, 0.29) is 12.1 Å². The molecule has 0 aliphatic carbocycles. The molecule has 0 aliphatic rings. The Hall–Kier alpha value is -1.30. The third-order valence-electron chi connectivity index (χ3n) is 7.09. The molecule has 0 radical (unpaired) electrons. The smallest absolute Gasteiger partial charge is 0.407 e. The fourth-order valence-corrected chi connectivity index (χ4v) is 4.72. The first kappa shape index (κ1) is 37.7. The number of nitrogens with one attached hydrogen (secondary N) is 2. The van der Waals surface area contributed by atoms with Gasteiger partial charge in [0.15, 0.2) is 0 Å². The molecule has 0 spiro atoms. The van der Waals surface area contributed by atoms with Crippen LogP contribution in [0.2, 0.25) is 0 Å². The number of carbonyl (C=O) groups excluding carboxylic acids is 2. The van der Waals surface area contributed by atoms with Gasteiger partial charge in [0.05, 0.1) is 6.61 Å². The normalized spacial score (nSPS) is 11.6. The third-order valence-corrected chi connectivity index (χ3v) is 7.09. The fraction of sp³-hybridized carbons (Fsp3) is 0.939. The molecule has 0 aromatic rings. The minimum atomic E-state index is -0.453. The lowest BCUT2D eigenvalue weighted by Gasteiger charge is -2.19. The number of hydrogen-bond acceptors (Lipinski definition) is 5. The van der Waals surface area contributed by atoms with Crippen molar-refractivity contribution in [3.05, 3.63) is 0 Å². The molecule has 2 N–H and O–H groups in total. The highest BCUT2D eigenvalue weighted by Gasteiger charge is 2.15. The number of amides is 1. The molecule has 0 bridgehead atoms. The molecule has 0 saturated carbocycles. The van der Waals surface area contributed by atoms with Crippen LogP contribution in [-0.2, 0) is 14.3 Å². The van der Waals surface area contributed by atoms with Gasteiger partial charge in [-0.1, -0.05) is 97.3 Å². The van der Waals surface area contributed by atoms with E-state index in [1.165, 1.54) is 89.9 Å². The second-order valence-electron chi connectivity index (χ2n) is 12.4. The summed E-state index contributed by atoms with van der Waals surface area (Å²) in [4.78, 5) is 23.9. The van der Waals surface area contributed by atoms with E-state index >= 15 is 0 Å². The monoisotopic (exact) mass is 555 g/mol. The average molecular weight is 555 g/mol. The van der Waals surface area contributed by atoms with Crippen LogP contribution in [0.15, 0.2) is 0 Å². The minimum absolute atomic E-state index is 0.0173. The Morgan fingerprint density at radius 1 is 0.641 bits per heavy atom.